The number of hydrogen-bond donors (Lipinski definition) is 0. The van der Waals surface area contributed by atoms with E-state index in [2.05, 4.69) is 18.7 Å². The van der Waals surface area contributed by atoms with Gasteiger partial charge in [0.05, 0.1) is 0 Å². The first kappa shape index (κ1) is 12.3. The van der Waals surface area contributed by atoms with Crippen molar-refractivity contribution < 1.29 is 0 Å². The Kier molecular flexibility index (Phi) is 5.88. The lowest BCUT2D eigenvalue weighted by atomic mass is 10.1. The minimum Gasteiger partial charge on any atom is -0.296 e. The van der Waals surface area contributed by atoms with Gasteiger partial charge in [0.25, 0.3) is 0 Å². The molecular weight excluding hydrogens is 194 g/mol. The van der Waals surface area contributed by atoms with Crippen molar-refractivity contribution in [3.8, 4) is 0 Å². The maximum atomic E-state index is 5.89. The van der Waals surface area contributed by atoms with Crippen LogP contribution in [0.25, 0.3) is 0 Å². The second-order valence-electron chi connectivity index (χ2n) is 4.34. The number of halogens is 1. The van der Waals surface area contributed by atoms with Crippen LogP contribution in [-0.4, -0.2) is 29.4 Å². The Morgan fingerprint density at radius 2 is 1.79 bits per heavy atom. The zero-order valence-corrected chi connectivity index (χ0v) is 10.4. The fourth-order valence-corrected chi connectivity index (χ4v) is 2.95. The quantitative estimate of drug-likeness (QED) is 0.614. The summed E-state index contributed by atoms with van der Waals surface area (Å²) in [6, 6.07) is 1.59. The lowest BCUT2D eigenvalue weighted by Gasteiger charge is -2.35. The van der Waals surface area contributed by atoms with Crippen molar-refractivity contribution in [2.24, 2.45) is 0 Å². The summed E-state index contributed by atoms with van der Waals surface area (Å²) >= 11 is 5.89. The van der Waals surface area contributed by atoms with Crippen molar-refractivity contribution >= 4 is 11.6 Å². The Labute approximate surface area is 93.8 Å². The third kappa shape index (κ3) is 3.13. The highest BCUT2D eigenvalue weighted by molar-refractivity contribution is 6.18. The Morgan fingerprint density at radius 3 is 2.21 bits per heavy atom. The van der Waals surface area contributed by atoms with Crippen LogP contribution in [-0.2, 0) is 0 Å². The van der Waals surface area contributed by atoms with E-state index in [-0.39, 0.29) is 0 Å². The van der Waals surface area contributed by atoms with Gasteiger partial charge in [0.15, 0.2) is 0 Å². The summed E-state index contributed by atoms with van der Waals surface area (Å²) < 4.78 is 0. The smallest absolute Gasteiger partial charge is 0.0351 e. The van der Waals surface area contributed by atoms with Crippen LogP contribution < -0.4 is 0 Å². The van der Waals surface area contributed by atoms with E-state index in [1.165, 1.54) is 38.5 Å². The predicted octanol–water partition coefficient (Wildman–Crippen LogP) is 3.66. The molecule has 0 N–H and O–H groups in total. The van der Waals surface area contributed by atoms with Crippen LogP contribution in [0.3, 0.4) is 0 Å². The summed E-state index contributed by atoms with van der Waals surface area (Å²) in [5.41, 5.74) is 0. The van der Waals surface area contributed by atoms with Crippen LogP contribution in [0, 0.1) is 0 Å². The van der Waals surface area contributed by atoms with Crippen LogP contribution in [0.15, 0.2) is 0 Å². The molecule has 1 saturated carbocycles. The van der Waals surface area contributed by atoms with Crippen LogP contribution >= 0.6 is 11.6 Å². The first-order valence-corrected chi connectivity index (χ1v) is 6.68. The second-order valence-corrected chi connectivity index (χ2v) is 4.71. The van der Waals surface area contributed by atoms with E-state index < -0.39 is 0 Å². The summed E-state index contributed by atoms with van der Waals surface area (Å²) in [6.45, 7) is 5.67. The summed E-state index contributed by atoms with van der Waals surface area (Å²) in [4.78, 5) is 2.67. The Balaban J connectivity index is 2.51. The van der Waals surface area contributed by atoms with Gasteiger partial charge in [-0.2, -0.15) is 0 Å². The zero-order valence-electron chi connectivity index (χ0n) is 9.64. The number of nitrogens with zero attached hydrogens (tertiary/aromatic N) is 1. The van der Waals surface area contributed by atoms with E-state index in [0.717, 1.165) is 24.5 Å². The fourth-order valence-electron chi connectivity index (χ4n) is 2.75. The molecule has 0 radical (unpaired) electrons. The second kappa shape index (κ2) is 6.68. The average Bonchev–Trinajstić information content (AvgIpc) is 2.71. The van der Waals surface area contributed by atoms with Gasteiger partial charge in [-0.1, -0.05) is 26.7 Å². The van der Waals surface area contributed by atoms with Gasteiger partial charge in [0.1, 0.15) is 0 Å². The average molecular weight is 218 g/mol. The molecule has 0 amide bonds. The molecule has 0 atom stereocenters. The van der Waals surface area contributed by atoms with Gasteiger partial charge in [0.2, 0.25) is 0 Å². The number of rotatable bonds is 6. The highest BCUT2D eigenvalue weighted by Crippen LogP contribution is 2.26. The lowest BCUT2D eigenvalue weighted by molar-refractivity contribution is 0.136. The first-order chi connectivity index (χ1) is 6.83. The van der Waals surface area contributed by atoms with Gasteiger partial charge in [0, 0.05) is 24.5 Å². The largest absolute Gasteiger partial charge is 0.296 e. The SMILES string of the molecule is CCC(CC)N(CCCl)C1CCCC1. The molecule has 0 saturated heterocycles. The molecule has 0 aliphatic heterocycles. The van der Waals surface area contributed by atoms with E-state index in [9.17, 15) is 0 Å². The summed E-state index contributed by atoms with van der Waals surface area (Å²) in [7, 11) is 0. The van der Waals surface area contributed by atoms with Gasteiger partial charge in [-0.15, -0.1) is 11.6 Å². The summed E-state index contributed by atoms with van der Waals surface area (Å²) in [5, 5.41) is 0. The Bertz CT molecular complexity index is 137. The molecule has 0 aromatic rings. The molecule has 0 aromatic carbocycles. The van der Waals surface area contributed by atoms with Crippen molar-refractivity contribution in [1.82, 2.24) is 4.90 Å². The third-order valence-electron chi connectivity index (χ3n) is 3.55. The molecule has 84 valence electrons. The third-order valence-corrected chi connectivity index (χ3v) is 3.72. The number of alkyl halides is 1. The normalized spacial score (nSPS) is 18.6. The van der Waals surface area contributed by atoms with Crippen molar-refractivity contribution in [2.45, 2.75) is 64.5 Å². The standard InChI is InChI=1S/C12H24ClN/c1-3-11(4-2)14(10-9-13)12-7-5-6-8-12/h11-12H,3-10H2,1-2H3. The van der Waals surface area contributed by atoms with Crippen LogP contribution in [0.2, 0.25) is 0 Å². The molecule has 1 aliphatic carbocycles. The Hall–Kier alpha value is 0.250. The minimum absolute atomic E-state index is 0.761. The molecule has 14 heavy (non-hydrogen) atoms. The van der Waals surface area contributed by atoms with Crippen molar-refractivity contribution in [3.63, 3.8) is 0 Å². The molecule has 2 heteroatoms. The van der Waals surface area contributed by atoms with Gasteiger partial charge in [-0.25, -0.2) is 0 Å². The summed E-state index contributed by atoms with van der Waals surface area (Å²) in [5.74, 6) is 0.785. The van der Waals surface area contributed by atoms with Crippen LogP contribution in [0.5, 0.6) is 0 Å². The topological polar surface area (TPSA) is 3.24 Å². The van der Waals surface area contributed by atoms with Crippen LogP contribution in [0.1, 0.15) is 52.4 Å². The minimum atomic E-state index is 0.761. The molecule has 1 rings (SSSR count). The van der Waals surface area contributed by atoms with E-state index >= 15 is 0 Å². The molecule has 0 heterocycles. The molecular formula is C12H24ClN. The predicted molar refractivity (Wildman–Crippen MR) is 64.1 cm³/mol. The van der Waals surface area contributed by atoms with E-state index in [4.69, 9.17) is 11.6 Å². The van der Waals surface area contributed by atoms with Gasteiger partial charge in [-0.3, -0.25) is 4.90 Å². The maximum absolute atomic E-state index is 5.89. The van der Waals surface area contributed by atoms with Gasteiger partial charge in [-0.05, 0) is 25.7 Å². The lowest BCUT2D eigenvalue weighted by Crippen LogP contribution is -2.42. The zero-order chi connectivity index (χ0) is 10.4. The van der Waals surface area contributed by atoms with Crippen molar-refractivity contribution in [1.29, 1.82) is 0 Å². The monoisotopic (exact) mass is 217 g/mol. The highest BCUT2D eigenvalue weighted by atomic mass is 35.5. The fraction of sp³-hybridized carbons (Fsp3) is 1.00. The molecule has 1 nitrogen and oxygen atoms in total. The van der Waals surface area contributed by atoms with Gasteiger partial charge < -0.3 is 0 Å². The van der Waals surface area contributed by atoms with E-state index in [0.29, 0.717) is 0 Å². The van der Waals surface area contributed by atoms with Crippen molar-refractivity contribution in [2.75, 3.05) is 12.4 Å². The molecule has 0 unspecified atom stereocenters. The molecule has 0 aromatic heterocycles. The highest BCUT2D eigenvalue weighted by Gasteiger charge is 2.26. The molecule has 1 fully saturated rings. The van der Waals surface area contributed by atoms with Gasteiger partial charge >= 0.3 is 0 Å². The first-order valence-electron chi connectivity index (χ1n) is 6.15. The molecule has 1 aliphatic rings. The maximum Gasteiger partial charge on any atom is 0.0351 e. The summed E-state index contributed by atoms with van der Waals surface area (Å²) in [6.07, 6.45) is 8.17. The van der Waals surface area contributed by atoms with E-state index in [1.54, 1.807) is 0 Å². The van der Waals surface area contributed by atoms with E-state index in [1.807, 2.05) is 0 Å². The van der Waals surface area contributed by atoms with Crippen LogP contribution in [0.4, 0.5) is 0 Å². The molecule has 0 bridgehead atoms. The molecule has 0 spiro atoms. The van der Waals surface area contributed by atoms with Crippen molar-refractivity contribution in [3.05, 3.63) is 0 Å². The number of hydrogen-bond acceptors (Lipinski definition) is 1. The Morgan fingerprint density at radius 1 is 1.21 bits per heavy atom.